The molecule has 1 aromatic heterocycles. The summed E-state index contributed by atoms with van der Waals surface area (Å²) in [5, 5.41) is 7.82. The molecule has 0 saturated heterocycles. The van der Waals surface area contributed by atoms with Crippen LogP contribution in [0.5, 0.6) is 11.5 Å². The van der Waals surface area contributed by atoms with Crippen LogP contribution in [0.4, 0.5) is 11.8 Å². The molecule has 2 N–H and O–H groups in total. The Kier molecular flexibility index (Phi) is 7.39. The van der Waals surface area contributed by atoms with Crippen molar-refractivity contribution in [2.24, 2.45) is 0 Å². The minimum atomic E-state index is 0.137. The van der Waals surface area contributed by atoms with E-state index in [2.05, 4.69) is 22.8 Å². The van der Waals surface area contributed by atoms with E-state index in [0.29, 0.717) is 31.6 Å². The molecule has 2 heterocycles. The van der Waals surface area contributed by atoms with Crippen molar-refractivity contribution in [2.45, 2.75) is 57.0 Å². The normalized spacial score (nSPS) is 19.1. The fraction of sp³-hybridized carbons (Fsp3) is 0.464. The highest BCUT2D eigenvalue weighted by molar-refractivity contribution is 5.90. The molecule has 1 aliphatic carbocycles. The Labute approximate surface area is 212 Å². The van der Waals surface area contributed by atoms with Crippen LogP contribution in [0.15, 0.2) is 42.5 Å². The van der Waals surface area contributed by atoms with Crippen molar-refractivity contribution >= 4 is 28.6 Å². The van der Waals surface area contributed by atoms with E-state index in [1.54, 1.807) is 0 Å². The highest BCUT2D eigenvalue weighted by Gasteiger charge is 2.23. The van der Waals surface area contributed by atoms with E-state index in [1.165, 1.54) is 5.56 Å². The van der Waals surface area contributed by atoms with Crippen molar-refractivity contribution in [1.29, 1.82) is 0 Å². The van der Waals surface area contributed by atoms with Crippen LogP contribution in [-0.4, -0.2) is 55.3 Å². The van der Waals surface area contributed by atoms with Gasteiger partial charge >= 0.3 is 0 Å². The Hall–Kier alpha value is -3.55. The van der Waals surface area contributed by atoms with Crippen LogP contribution in [0.1, 0.15) is 44.1 Å². The van der Waals surface area contributed by atoms with E-state index in [0.717, 1.165) is 66.7 Å². The summed E-state index contributed by atoms with van der Waals surface area (Å²) in [5.74, 6) is 3.33. The SMILES string of the molecule is CN(C)c1nc(NC2CCC(NC(=O)CCCc3ccc4c(c3)OCCO4)CC2)nc2ccccc12. The molecule has 1 amide bonds. The highest BCUT2D eigenvalue weighted by Crippen LogP contribution is 2.31. The number of rotatable bonds is 8. The molecule has 0 radical (unpaired) electrons. The third-order valence-electron chi connectivity index (χ3n) is 6.91. The number of carbonyl (C=O) groups is 1. The molecule has 2 aliphatic rings. The number of ether oxygens (including phenoxy) is 2. The number of nitrogens with zero attached hydrogens (tertiary/aromatic N) is 3. The van der Waals surface area contributed by atoms with Crippen molar-refractivity contribution in [1.82, 2.24) is 15.3 Å². The van der Waals surface area contributed by atoms with Gasteiger partial charge in [0.05, 0.1) is 5.52 Å². The summed E-state index contributed by atoms with van der Waals surface area (Å²) in [7, 11) is 4.01. The van der Waals surface area contributed by atoms with E-state index in [1.807, 2.05) is 49.3 Å². The molecule has 1 saturated carbocycles. The molecular formula is C28H35N5O3. The molecule has 1 aliphatic heterocycles. The van der Waals surface area contributed by atoms with E-state index in [-0.39, 0.29) is 11.9 Å². The molecular weight excluding hydrogens is 454 g/mol. The summed E-state index contributed by atoms with van der Waals surface area (Å²) in [6.07, 6.45) is 6.08. The molecule has 1 fully saturated rings. The van der Waals surface area contributed by atoms with Crippen LogP contribution < -0.4 is 25.0 Å². The lowest BCUT2D eigenvalue weighted by atomic mass is 9.91. The largest absolute Gasteiger partial charge is 0.486 e. The second kappa shape index (κ2) is 11.0. The number of hydrogen-bond donors (Lipinski definition) is 2. The van der Waals surface area contributed by atoms with Gasteiger partial charge in [0, 0.05) is 38.0 Å². The van der Waals surface area contributed by atoms with Gasteiger partial charge in [-0.1, -0.05) is 18.2 Å². The number of fused-ring (bicyclic) bond motifs is 2. The number of carbonyl (C=O) groups excluding carboxylic acids is 1. The molecule has 8 nitrogen and oxygen atoms in total. The van der Waals surface area contributed by atoms with Gasteiger partial charge in [0.1, 0.15) is 19.0 Å². The minimum absolute atomic E-state index is 0.137. The first kappa shape index (κ1) is 24.2. The molecule has 190 valence electrons. The van der Waals surface area contributed by atoms with Crippen LogP contribution in [-0.2, 0) is 11.2 Å². The number of aryl methyl sites for hydroxylation is 1. The molecule has 0 spiro atoms. The van der Waals surface area contributed by atoms with Crippen molar-refractivity contribution in [3.8, 4) is 11.5 Å². The predicted molar refractivity (Wildman–Crippen MR) is 142 cm³/mol. The maximum Gasteiger partial charge on any atom is 0.225 e. The average Bonchev–Trinajstić information content (AvgIpc) is 2.89. The Morgan fingerprint density at radius 1 is 0.972 bits per heavy atom. The Balaban J connectivity index is 1.07. The molecule has 0 atom stereocenters. The first-order chi connectivity index (χ1) is 17.5. The Bertz CT molecular complexity index is 1210. The zero-order chi connectivity index (χ0) is 24.9. The zero-order valence-electron chi connectivity index (χ0n) is 21.1. The van der Waals surface area contributed by atoms with Gasteiger partial charge in [-0.05, 0) is 68.4 Å². The van der Waals surface area contributed by atoms with Gasteiger partial charge in [-0.25, -0.2) is 4.98 Å². The Morgan fingerprint density at radius 2 is 1.72 bits per heavy atom. The van der Waals surface area contributed by atoms with Gasteiger partial charge in [0.2, 0.25) is 11.9 Å². The lowest BCUT2D eigenvalue weighted by molar-refractivity contribution is -0.122. The number of para-hydroxylation sites is 1. The number of anilines is 2. The molecule has 2 aromatic carbocycles. The molecule has 36 heavy (non-hydrogen) atoms. The lowest BCUT2D eigenvalue weighted by Crippen LogP contribution is -2.40. The molecule has 0 unspecified atom stereocenters. The average molecular weight is 490 g/mol. The first-order valence-corrected chi connectivity index (χ1v) is 12.9. The van der Waals surface area contributed by atoms with Gasteiger partial charge in [0.15, 0.2) is 11.5 Å². The minimum Gasteiger partial charge on any atom is -0.486 e. The second-order valence-corrected chi connectivity index (χ2v) is 9.87. The van der Waals surface area contributed by atoms with Crippen LogP contribution in [0, 0.1) is 0 Å². The van der Waals surface area contributed by atoms with E-state index in [9.17, 15) is 4.79 Å². The van der Waals surface area contributed by atoms with E-state index in [4.69, 9.17) is 19.4 Å². The fourth-order valence-electron chi connectivity index (χ4n) is 5.03. The van der Waals surface area contributed by atoms with Gasteiger partial charge in [-0.3, -0.25) is 4.79 Å². The van der Waals surface area contributed by atoms with Gasteiger partial charge in [-0.15, -0.1) is 0 Å². The van der Waals surface area contributed by atoms with E-state index >= 15 is 0 Å². The summed E-state index contributed by atoms with van der Waals surface area (Å²) in [5.41, 5.74) is 2.11. The van der Waals surface area contributed by atoms with Gasteiger partial charge < -0.3 is 25.0 Å². The predicted octanol–water partition coefficient (Wildman–Crippen LogP) is 4.33. The molecule has 5 rings (SSSR count). The monoisotopic (exact) mass is 489 g/mol. The summed E-state index contributed by atoms with van der Waals surface area (Å²) in [6, 6.07) is 14.7. The number of aromatic nitrogens is 2. The number of amides is 1. The van der Waals surface area contributed by atoms with Crippen LogP contribution in [0.25, 0.3) is 10.9 Å². The molecule has 3 aromatic rings. The molecule has 8 heteroatoms. The quantitative estimate of drug-likeness (QED) is 0.487. The summed E-state index contributed by atoms with van der Waals surface area (Å²) in [6.45, 7) is 1.18. The maximum atomic E-state index is 12.5. The van der Waals surface area contributed by atoms with Crippen LogP contribution in [0.3, 0.4) is 0 Å². The number of benzene rings is 2. The fourth-order valence-corrected chi connectivity index (χ4v) is 5.03. The van der Waals surface area contributed by atoms with Gasteiger partial charge in [-0.2, -0.15) is 4.98 Å². The number of hydrogen-bond acceptors (Lipinski definition) is 7. The zero-order valence-corrected chi connectivity index (χ0v) is 21.1. The third kappa shape index (κ3) is 5.80. The van der Waals surface area contributed by atoms with E-state index < -0.39 is 0 Å². The van der Waals surface area contributed by atoms with Crippen LogP contribution >= 0.6 is 0 Å². The van der Waals surface area contributed by atoms with Crippen molar-refractivity contribution in [3.63, 3.8) is 0 Å². The standard InChI is InChI=1S/C28H35N5O3/c1-33(2)27-22-7-3-4-8-23(22)31-28(32-27)30-21-13-11-20(12-14-21)29-26(34)9-5-6-19-10-15-24-25(18-19)36-17-16-35-24/h3-4,7-8,10,15,18,20-21H,5-6,9,11-14,16-17H2,1-2H3,(H,29,34)(H,30,31,32). The maximum absolute atomic E-state index is 12.5. The highest BCUT2D eigenvalue weighted by atomic mass is 16.6. The van der Waals surface area contributed by atoms with Crippen molar-refractivity contribution in [3.05, 3.63) is 48.0 Å². The summed E-state index contributed by atoms with van der Waals surface area (Å²) < 4.78 is 11.2. The second-order valence-electron chi connectivity index (χ2n) is 9.87. The van der Waals surface area contributed by atoms with Crippen LogP contribution in [0.2, 0.25) is 0 Å². The summed E-state index contributed by atoms with van der Waals surface area (Å²) >= 11 is 0. The van der Waals surface area contributed by atoms with Gasteiger partial charge in [0.25, 0.3) is 0 Å². The lowest BCUT2D eigenvalue weighted by Gasteiger charge is -2.30. The topological polar surface area (TPSA) is 88.6 Å². The van der Waals surface area contributed by atoms with Crippen molar-refractivity contribution in [2.75, 3.05) is 37.5 Å². The summed E-state index contributed by atoms with van der Waals surface area (Å²) in [4.78, 5) is 24.1. The number of nitrogens with one attached hydrogen (secondary N) is 2. The Morgan fingerprint density at radius 3 is 2.53 bits per heavy atom. The van der Waals surface area contributed by atoms with Crippen molar-refractivity contribution < 1.29 is 14.3 Å². The smallest absolute Gasteiger partial charge is 0.225 e. The third-order valence-corrected chi connectivity index (χ3v) is 6.91. The first-order valence-electron chi connectivity index (χ1n) is 12.9. The molecule has 0 bridgehead atoms.